The van der Waals surface area contributed by atoms with Crippen molar-refractivity contribution in [1.82, 2.24) is 0 Å². The Morgan fingerprint density at radius 1 is 0.810 bits per heavy atom. The van der Waals surface area contributed by atoms with Crippen LogP contribution in [0.3, 0.4) is 0 Å². The Labute approximate surface area is 133 Å². The number of hydrogen-bond acceptors (Lipinski definition) is 3. The van der Waals surface area contributed by atoms with Crippen molar-refractivity contribution in [2.24, 2.45) is 17.8 Å². The Kier molecular flexibility index (Phi) is 10.5. The van der Waals surface area contributed by atoms with Gasteiger partial charge < -0.3 is 13.3 Å². The summed E-state index contributed by atoms with van der Waals surface area (Å²) in [7, 11) is -2.73. The van der Waals surface area contributed by atoms with Crippen LogP contribution in [0.5, 0.6) is 0 Å². The third kappa shape index (κ3) is 8.14. The molecule has 0 aromatic carbocycles. The lowest BCUT2D eigenvalue weighted by molar-refractivity contribution is 0.0312. The minimum Gasteiger partial charge on any atom is -0.373 e. The summed E-state index contributed by atoms with van der Waals surface area (Å²) in [5.74, 6) is 1.39. The van der Waals surface area contributed by atoms with Crippen LogP contribution in [-0.2, 0) is 13.3 Å². The second-order valence-corrected chi connectivity index (χ2v) is 9.78. The van der Waals surface area contributed by atoms with Gasteiger partial charge in [-0.25, -0.2) is 0 Å². The van der Waals surface area contributed by atoms with Crippen LogP contribution in [0, 0.1) is 17.8 Å². The van der Waals surface area contributed by atoms with Crippen LogP contribution in [0.4, 0.5) is 0 Å². The lowest BCUT2D eigenvalue weighted by Gasteiger charge is -2.36. The molecular formula is C17H36O3Si. The zero-order valence-electron chi connectivity index (χ0n) is 15.1. The molecule has 0 aliphatic carbocycles. The molecule has 0 saturated carbocycles. The highest BCUT2D eigenvalue weighted by atomic mass is 28.4. The summed E-state index contributed by atoms with van der Waals surface area (Å²) < 4.78 is 18.8. The van der Waals surface area contributed by atoms with Crippen molar-refractivity contribution in [2.45, 2.75) is 60.4 Å². The Bertz CT molecular complexity index is 246. The second kappa shape index (κ2) is 10.5. The van der Waals surface area contributed by atoms with E-state index in [1.54, 1.807) is 0 Å². The van der Waals surface area contributed by atoms with Crippen LogP contribution < -0.4 is 0 Å². The van der Waals surface area contributed by atoms with Crippen molar-refractivity contribution in [3.63, 3.8) is 0 Å². The smallest absolute Gasteiger partial charge is 0.373 e. The molecule has 0 spiro atoms. The van der Waals surface area contributed by atoms with E-state index in [1.807, 2.05) is 6.08 Å². The van der Waals surface area contributed by atoms with Gasteiger partial charge in [0.1, 0.15) is 0 Å². The highest BCUT2D eigenvalue weighted by Gasteiger charge is 2.48. The van der Waals surface area contributed by atoms with Crippen LogP contribution in [0.15, 0.2) is 12.7 Å². The van der Waals surface area contributed by atoms with Gasteiger partial charge in [0, 0.05) is 25.4 Å². The molecule has 0 rings (SSSR count). The van der Waals surface area contributed by atoms with Gasteiger partial charge in [0.15, 0.2) is 0 Å². The zero-order valence-corrected chi connectivity index (χ0v) is 16.1. The summed E-state index contributed by atoms with van der Waals surface area (Å²) in [6, 6.07) is 0. The normalized spacial score (nSPS) is 14.2. The Hall–Kier alpha value is -0.163. The minimum absolute atomic E-state index is 0.161. The third-order valence-electron chi connectivity index (χ3n) is 3.03. The lowest BCUT2D eigenvalue weighted by Crippen LogP contribution is -2.51. The van der Waals surface area contributed by atoms with Gasteiger partial charge in [0.05, 0.1) is 0 Å². The van der Waals surface area contributed by atoms with Crippen molar-refractivity contribution in [1.29, 1.82) is 0 Å². The molecule has 0 aromatic rings. The fraction of sp³-hybridized carbons (Fsp3) is 0.882. The monoisotopic (exact) mass is 316 g/mol. The molecule has 0 heterocycles. The number of rotatable bonds is 12. The summed E-state index contributed by atoms with van der Waals surface area (Å²) in [5, 5.41) is 0. The molecule has 0 N–H and O–H groups in total. The van der Waals surface area contributed by atoms with Crippen LogP contribution in [0.1, 0.15) is 54.9 Å². The molecular weight excluding hydrogens is 280 g/mol. The summed E-state index contributed by atoms with van der Waals surface area (Å²) >= 11 is 0. The molecule has 1 unspecified atom stereocenters. The van der Waals surface area contributed by atoms with E-state index >= 15 is 0 Å². The number of allylic oxidation sites excluding steroid dienone is 1. The summed E-state index contributed by atoms with van der Waals surface area (Å²) in [6.45, 7) is 21.0. The summed E-state index contributed by atoms with van der Waals surface area (Å²) in [4.78, 5) is 0. The predicted octanol–water partition coefficient (Wildman–Crippen LogP) is 4.91. The van der Waals surface area contributed by atoms with E-state index in [-0.39, 0.29) is 5.54 Å². The van der Waals surface area contributed by atoms with Gasteiger partial charge >= 0.3 is 8.80 Å². The Morgan fingerprint density at radius 3 is 1.33 bits per heavy atom. The van der Waals surface area contributed by atoms with E-state index in [2.05, 4.69) is 55.0 Å². The maximum Gasteiger partial charge on any atom is 0.508 e. The fourth-order valence-corrected chi connectivity index (χ4v) is 5.23. The fourth-order valence-electron chi connectivity index (χ4n) is 1.86. The first-order chi connectivity index (χ1) is 9.77. The van der Waals surface area contributed by atoms with Gasteiger partial charge in [0.2, 0.25) is 0 Å². The van der Waals surface area contributed by atoms with Crippen LogP contribution >= 0.6 is 0 Å². The average molecular weight is 317 g/mol. The molecule has 0 aromatic heterocycles. The summed E-state index contributed by atoms with van der Waals surface area (Å²) in [5.41, 5.74) is 0.161. The molecule has 4 heteroatoms. The van der Waals surface area contributed by atoms with Gasteiger partial charge in [-0.15, -0.1) is 6.58 Å². The van der Waals surface area contributed by atoms with E-state index in [1.165, 1.54) is 0 Å². The van der Waals surface area contributed by atoms with E-state index < -0.39 is 8.80 Å². The molecule has 3 nitrogen and oxygen atoms in total. The average Bonchev–Trinajstić information content (AvgIpc) is 2.40. The first-order valence-electron chi connectivity index (χ1n) is 8.31. The van der Waals surface area contributed by atoms with Crippen LogP contribution in [0.25, 0.3) is 0 Å². The lowest BCUT2D eigenvalue weighted by atomic mass is 10.2. The minimum atomic E-state index is -2.73. The van der Waals surface area contributed by atoms with E-state index in [0.717, 1.165) is 6.42 Å². The molecule has 0 saturated heterocycles. The highest BCUT2D eigenvalue weighted by Crippen LogP contribution is 2.31. The first kappa shape index (κ1) is 20.8. The molecule has 0 fully saturated rings. The van der Waals surface area contributed by atoms with Gasteiger partial charge in [-0.1, -0.05) is 54.5 Å². The molecule has 21 heavy (non-hydrogen) atoms. The molecule has 1 atom stereocenters. The van der Waals surface area contributed by atoms with Gasteiger partial charge in [-0.05, 0) is 24.2 Å². The third-order valence-corrected chi connectivity index (χ3v) is 6.29. The SMILES string of the molecule is C=CC(CC)[Si](OCC(C)C)(OCC(C)C)OCC(C)C. The second-order valence-electron chi connectivity index (χ2n) is 6.97. The van der Waals surface area contributed by atoms with Crippen LogP contribution in [0.2, 0.25) is 5.54 Å². The van der Waals surface area contributed by atoms with Gasteiger partial charge in [-0.3, -0.25) is 0 Å². The van der Waals surface area contributed by atoms with Crippen molar-refractivity contribution in [3.05, 3.63) is 12.7 Å². The molecule has 0 aliphatic rings. The van der Waals surface area contributed by atoms with Crippen molar-refractivity contribution >= 4 is 8.80 Å². The largest absolute Gasteiger partial charge is 0.508 e. The molecule has 0 aliphatic heterocycles. The highest BCUT2D eigenvalue weighted by molar-refractivity contribution is 6.63. The summed E-state index contributed by atoms with van der Waals surface area (Å²) in [6.07, 6.45) is 2.89. The van der Waals surface area contributed by atoms with Crippen LogP contribution in [-0.4, -0.2) is 28.6 Å². The quantitative estimate of drug-likeness (QED) is 0.378. The zero-order chi connectivity index (χ0) is 16.5. The maximum atomic E-state index is 6.26. The Morgan fingerprint density at radius 2 is 1.14 bits per heavy atom. The van der Waals surface area contributed by atoms with E-state index in [9.17, 15) is 0 Å². The topological polar surface area (TPSA) is 27.7 Å². The predicted molar refractivity (Wildman–Crippen MR) is 92.4 cm³/mol. The van der Waals surface area contributed by atoms with Crippen molar-refractivity contribution in [3.8, 4) is 0 Å². The first-order valence-corrected chi connectivity index (χ1v) is 10.1. The van der Waals surface area contributed by atoms with Gasteiger partial charge in [-0.2, -0.15) is 0 Å². The molecule has 0 bridgehead atoms. The molecule has 0 amide bonds. The number of hydrogen-bond donors (Lipinski definition) is 0. The maximum absolute atomic E-state index is 6.26. The van der Waals surface area contributed by atoms with E-state index in [4.69, 9.17) is 13.3 Å². The standard InChI is InChI=1S/C17H36O3Si/c1-9-17(10-2)21(18-11-14(3)4,19-12-15(5)6)20-13-16(7)8/h9,14-17H,1,10-13H2,2-8H3. The van der Waals surface area contributed by atoms with Crippen molar-refractivity contribution in [2.75, 3.05) is 19.8 Å². The van der Waals surface area contributed by atoms with Gasteiger partial charge in [0.25, 0.3) is 0 Å². The van der Waals surface area contributed by atoms with Crippen molar-refractivity contribution < 1.29 is 13.3 Å². The Balaban J connectivity index is 5.17. The van der Waals surface area contributed by atoms with E-state index in [0.29, 0.717) is 37.6 Å². The molecule has 126 valence electrons. The molecule has 0 radical (unpaired) electrons.